The molecule has 0 radical (unpaired) electrons. The molecule has 0 aliphatic heterocycles. The van der Waals surface area contributed by atoms with E-state index >= 15 is 0 Å². The molecule has 0 heterocycles. The highest BCUT2D eigenvalue weighted by Gasteiger charge is 2.12. The van der Waals surface area contributed by atoms with E-state index < -0.39 is 0 Å². The summed E-state index contributed by atoms with van der Waals surface area (Å²) in [4.78, 5) is 6.61. The van der Waals surface area contributed by atoms with E-state index in [-0.39, 0.29) is 35.4 Å². The van der Waals surface area contributed by atoms with Gasteiger partial charge in [0, 0.05) is 12.5 Å². The summed E-state index contributed by atoms with van der Waals surface area (Å²) in [6.45, 7) is 8.29. The van der Waals surface area contributed by atoms with E-state index in [0.29, 0.717) is 12.5 Å². The maximum atomic E-state index is 5.44. The van der Waals surface area contributed by atoms with Crippen LogP contribution in [0, 0.1) is 0 Å². The van der Waals surface area contributed by atoms with E-state index in [1.165, 1.54) is 5.56 Å². The third-order valence-corrected chi connectivity index (χ3v) is 3.45. The van der Waals surface area contributed by atoms with Crippen molar-refractivity contribution in [2.75, 3.05) is 26.2 Å². The zero-order chi connectivity index (χ0) is 14.1. The van der Waals surface area contributed by atoms with Crippen molar-refractivity contribution in [3.05, 3.63) is 35.9 Å². The van der Waals surface area contributed by atoms with E-state index in [9.17, 15) is 0 Å². The Morgan fingerprint density at radius 3 is 2.19 bits per heavy atom. The number of rotatable bonds is 8. The minimum absolute atomic E-state index is 0. The third-order valence-electron chi connectivity index (χ3n) is 3.45. The fraction of sp³-hybridized carbons (Fsp3) is 0.533. The van der Waals surface area contributed by atoms with Gasteiger partial charge in [0.05, 0.1) is 0 Å². The molecule has 5 nitrogen and oxygen atoms in total. The zero-order valence-electron chi connectivity index (χ0n) is 13.0. The summed E-state index contributed by atoms with van der Waals surface area (Å²) in [5, 5.41) is 0. The highest BCUT2D eigenvalue weighted by molar-refractivity contribution is 14.0. The van der Waals surface area contributed by atoms with Gasteiger partial charge in [0.2, 0.25) is 0 Å². The minimum Gasteiger partial charge on any atom is -0.412 e. The van der Waals surface area contributed by atoms with Gasteiger partial charge in [-0.1, -0.05) is 44.2 Å². The second kappa shape index (κ2) is 12.8. The fourth-order valence-electron chi connectivity index (χ4n) is 2.18. The standard InChI is InChI=1S/C15H26N4.HI.H2O/c1-3-19(4-2)11-10-14(12-18-15(16)17)13-8-6-5-7-9-13;;/h5-9,14H,3-4,10-12H2,1-2H3,(H4,16,17,18);1H;1H2. The molecule has 1 unspecified atom stereocenters. The predicted octanol–water partition coefficient (Wildman–Crippen LogP) is 1.57. The molecule has 0 aromatic heterocycles. The predicted molar refractivity (Wildman–Crippen MR) is 101 cm³/mol. The summed E-state index contributed by atoms with van der Waals surface area (Å²) in [6.07, 6.45) is 1.07. The maximum absolute atomic E-state index is 5.44. The molecule has 1 atom stereocenters. The first kappa shape index (κ1) is 22.4. The normalized spacial score (nSPS) is 11.2. The molecule has 1 aromatic rings. The molecule has 122 valence electrons. The number of hydrogen-bond donors (Lipinski definition) is 2. The van der Waals surface area contributed by atoms with E-state index in [1.54, 1.807) is 0 Å². The first-order valence-electron chi connectivity index (χ1n) is 7.00. The number of aliphatic imine (C=N–C) groups is 1. The lowest BCUT2D eigenvalue weighted by Gasteiger charge is -2.22. The van der Waals surface area contributed by atoms with Crippen molar-refractivity contribution in [1.82, 2.24) is 4.90 Å². The summed E-state index contributed by atoms with van der Waals surface area (Å²) >= 11 is 0. The first-order valence-corrected chi connectivity index (χ1v) is 7.00. The lowest BCUT2D eigenvalue weighted by Crippen LogP contribution is -2.27. The second-order valence-electron chi connectivity index (χ2n) is 4.69. The van der Waals surface area contributed by atoms with Crippen LogP contribution in [0.4, 0.5) is 0 Å². The molecule has 0 amide bonds. The number of nitrogens with two attached hydrogens (primary N) is 2. The smallest absolute Gasteiger partial charge is 0.185 e. The summed E-state index contributed by atoms with van der Waals surface area (Å²) in [5.74, 6) is 0.549. The number of hydrogen-bond acceptors (Lipinski definition) is 2. The van der Waals surface area contributed by atoms with Crippen LogP contribution in [0.2, 0.25) is 0 Å². The first-order chi connectivity index (χ1) is 9.17. The van der Waals surface area contributed by atoms with Gasteiger partial charge < -0.3 is 21.8 Å². The van der Waals surface area contributed by atoms with Gasteiger partial charge in [0.1, 0.15) is 0 Å². The van der Waals surface area contributed by atoms with Gasteiger partial charge in [-0.2, -0.15) is 0 Å². The summed E-state index contributed by atoms with van der Waals surface area (Å²) < 4.78 is 0. The number of halogens is 1. The van der Waals surface area contributed by atoms with Gasteiger partial charge >= 0.3 is 0 Å². The van der Waals surface area contributed by atoms with Gasteiger partial charge in [-0.15, -0.1) is 24.0 Å². The maximum Gasteiger partial charge on any atom is 0.185 e. The van der Waals surface area contributed by atoms with E-state index in [0.717, 1.165) is 26.1 Å². The quantitative estimate of drug-likeness (QED) is 0.388. The molecule has 0 saturated carbocycles. The molecular formula is C15H29IN4O. The molecule has 0 aliphatic carbocycles. The van der Waals surface area contributed by atoms with Crippen molar-refractivity contribution in [2.24, 2.45) is 16.5 Å². The lowest BCUT2D eigenvalue weighted by molar-refractivity contribution is 0.291. The molecule has 1 aromatic carbocycles. The Morgan fingerprint density at radius 2 is 1.71 bits per heavy atom. The Kier molecular flexibility index (Phi) is 13.7. The Hall–Kier alpha value is -0.860. The van der Waals surface area contributed by atoms with Crippen molar-refractivity contribution >= 4 is 29.9 Å². The van der Waals surface area contributed by atoms with Crippen LogP contribution in [0.3, 0.4) is 0 Å². The third kappa shape index (κ3) is 8.90. The largest absolute Gasteiger partial charge is 0.412 e. The molecule has 6 heteroatoms. The molecule has 0 spiro atoms. The molecule has 0 saturated heterocycles. The Bertz CT molecular complexity index is 379. The number of benzene rings is 1. The SMILES string of the molecule is CCN(CC)CCC(CN=C(N)N)c1ccccc1.I.O. The average Bonchev–Trinajstić information content (AvgIpc) is 2.43. The van der Waals surface area contributed by atoms with Crippen molar-refractivity contribution in [2.45, 2.75) is 26.2 Å². The Morgan fingerprint density at radius 1 is 1.14 bits per heavy atom. The number of nitrogens with zero attached hydrogens (tertiary/aromatic N) is 2. The van der Waals surface area contributed by atoms with Crippen LogP contribution in [0.5, 0.6) is 0 Å². The Labute approximate surface area is 145 Å². The highest BCUT2D eigenvalue weighted by Crippen LogP contribution is 2.20. The summed E-state index contributed by atoms with van der Waals surface area (Å²) in [6, 6.07) is 10.5. The topological polar surface area (TPSA) is 99.1 Å². The zero-order valence-corrected chi connectivity index (χ0v) is 15.3. The van der Waals surface area contributed by atoms with Gasteiger partial charge in [-0.25, -0.2) is 0 Å². The second-order valence-corrected chi connectivity index (χ2v) is 4.69. The molecule has 0 bridgehead atoms. The van der Waals surface area contributed by atoms with Crippen molar-refractivity contribution in [3.8, 4) is 0 Å². The summed E-state index contributed by atoms with van der Waals surface area (Å²) in [7, 11) is 0. The van der Waals surface area contributed by atoms with E-state index in [4.69, 9.17) is 11.5 Å². The Balaban J connectivity index is 0. The number of guanidine groups is 1. The van der Waals surface area contributed by atoms with Crippen molar-refractivity contribution < 1.29 is 5.48 Å². The van der Waals surface area contributed by atoms with Crippen LogP contribution in [0.25, 0.3) is 0 Å². The van der Waals surface area contributed by atoms with Crippen LogP contribution in [0.1, 0.15) is 31.7 Å². The van der Waals surface area contributed by atoms with Crippen molar-refractivity contribution in [3.63, 3.8) is 0 Å². The van der Waals surface area contributed by atoms with Gasteiger partial charge in [0.25, 0.3) is 0 Å². The van der Waals surface area contributed by atoms with Crippen molar-refractivity contribution in [1.29, 1.82) is 0 Å². The van der Waals surface area contributed by atoms with E-state index in [2.05, 4.69) is 48.0 Å². The van der Waals surface area contributed by atoms with E-state index in [1.807, 2.05) is 6.07 Å². The van der Waals surface area contributed by atoms with Crippen LogP contribution in [0.15, 0.2) is 35.3 Å². The van der Waals surface area contributed by atoms with Crippen LogP contribution in [-0.4, -0.2) is 42.5 Å². The summed E-state index contributed by atoms with van der Waals surface area (Å²) in [5.41, 5.74) is 12.2. The van der Waals surface area contributed by atoms with Gasteiger partial charge in [-0.05, 0) is 31.6 Å². The molecular weight excluding hydrogens is 379 g/mol. The minimum atomic E-state index is 0. The van der Waals surface area contributed by atoms with Gasteiger partial charge in [0.15, 0.2) is 5.96 Å². The van der Waals surface area contributed by atoms with Gasteiger partial charge in [-0.3, -0.25) is 4.99 Å². The molecule has 1 rings (SSSR count). The van der Waals surface area contributed by atoms with Crippen LogP contribution >= 0.6 is 24.0 Å². The molecule has 21 heavy (non-hydrogen) atoms. The molecule has 6 N–H and O–H groups in total. The lowest BCUT2D eigenvalue weighted by atomic mass is 9.95. The molecule has 0 aliphatic rings. The average molecular weight is 408 g/mol. The monoisotopic (exact) mass is 408 g/mol. The van der Waals surface area contributed by atoms with Crippen LogP contribution in [-0.2, 0) is 0 Å². The molecule has 0 fully saturated rings. The fourth-order valence-corrected chi connectivity index (χ4v) is 2.18. The highest BCUT2D eigenvalue weighted by atomic mass is 127. The van der Waals surface area contributed by atoms with Crippen LogP contribution < -0.4 is 11.5 Å².